The molecule has 9 heteroatoms. The van der Waals surface area contributed by atoms with Gasteiger partial charge in [0.25, 0.3) is 10.0 Å². The standard InChI is InChI=1S/C12H13BrClN3O3S/c1-20-5-4-17-8-10(7-15-17)16-21(18,19)12-3-2-9(13)6-11(12)14/h2-3,6-8,16H,4-5H2,1H3. The van der Waals surface area contributed by atoms with E-state index in [-0.39, 0.29) is 9.92 Å². The first kappa shape index (κ1) is 16.3. The number of hydrogen-bond donors (Lipinski definition) is 1. The largest absolute Gasteiger partial charge is 0.383 e. The first-order valence-electron chi connectivity index (χ1n) is 5.91. The number of hydrogen-bond acceptors (Lipinski definition) is 4. The summed E-state index contributed by atoms with van der Waals surface area (Å²) in [6, 6.07) is 4.57. The lowest BCUT2D eigenvalue weighted by Crippen LogP contribution is -2.13. The summed E-state index contributed by atoms with van der Waals surface area (Å²) in [6.45, 7) is 1.03. The van der Waals surface area contributed by atoms with Gasteiger partial charge in [0.2, 0.25) is 0 Å². The van der Waals surface area contributed by atoms with Gasteiger partial charge in [-0.1, -0.05) is 27.5 Å². The van der Waals surface area contributed by atoms with Crippen LogP contribution in [0, 0.1) is 0 Å². The van der Waals surface area contributed by atoms with Gasteiger partial charge >= 0.3 is 0 Å². The molecule has 2 rings (SSSR count). The van der Waals surface area contributed by atoms with Gasteiger partial charge in [-0.15, -0.1) is 0 Å². The van der Waals surface area contributed by atoms with Crippen LogP contribution in [0.25, 0.3) is 0 Å². The second-order valence-corrected chi connectivity index (χ2v) is 7.14. The fraction of sp³-hybridized carbons (Fsp3) is 0.250. The highest BCUT2D eigenvalue weighted by molar-refractivity contribution is 9.10. The molecule has 0 bridgehead atoms. The van der Waals surface area contributed by atoms with Gasteiger partial charge in [0.05, 0.1) is 30.1 Å². The maximum absolute atomic E-state index is 12.3. The molecule has 0 radical (unpaired) electrons. The molecule has 0 unspecified atom stereocenters. The van der Waals surface area contributed by atoms with Gasteiger partial charge in [-0.2, -0.15) is 5.10 Å². The highest BCUT2D eigenvalue weighted by Gasteiger charge is 2.18. The lowest BCUT2D eigenvalue weighted by molar-refractivity contribution is 0.183. The van der Waals surface area contributed by atoms with Crippen LogP contribution in [0.4, 0.5) is 5.69 Å². The van der Waals surface area contributed by atoms with E-state index in [1.165, 1.54) is 18.3 Å². The van der Waals surface area contributed by atoms with E-state index in [4.69, 9.17) is 16.3 Å². The lowest BCUT2D eigenvalue weighted by atomic mass is 10.4. The summed E-state index contributed by atoms with van der Waals surface area (Å²) in [5, 5.41) is 4.18. The molecule has 0 aliphatic carbocycles. The van der Waals surface area contributed by atoms with Gasteiger partial charge in [0.1, 0.15) is 4.90 Å². The van der Waals surface area contributed by atoms with Crippen molar-refractivity contribution in [3.8, 4) is 0 Å². The molecule has 0 spiro atoms. The number of anilines is 1. The summed E-state index contributed by atoms with van der Waals surface area (Å²) < 4.78 is 34.2. The van der Waals surface area contributed by atoms with E-state index in [0.717, 1.165) is 0 Å². The third-order valence-electron chi connectivity index (χ3n) is 2.59. The van der Waals surface area contributed by atoms with Crippen molar-refractivity contribution in [3.63, 3.8) is 0 Å². The third kappa shape index (κ3) is 4.19. The van der Waals surface area contributed by atoms with Gasteiger partial charge in [0, 0.05) is 17.8 Å². The van der Waals surface area contributed by atoms with Crippen LogP contribution in [-0.4, -0.2) is 31.9 Å². The van der Waals surface area contributed by atoms with Crippen molar-refractivity contribution < 1.29 is 13.2 Å². The van der Waals surface area contributed by atoms with Crippen LogP contribution in [0.15, 0.2) is 40.0 Å². The molecule has 1 aromatic heterocycles. The van der Waals surface area contributed by atoms with Crippen LogP contribution in [0.2, 0.25) is 5.02 Å². The highest BCUT2D eigenvalue weighted by Crippen LogP contribution is 2.26. The first-order chi connectivity index (χ1) is 9.92. The fourth-order valence-corrected chi connectivity index (χ4v) is 3.69. The zero-order valence-electron chi connectivity index (χ0n) is 11.1. The molecule has 114 valence electrons. The number of nitrogens with one attached hydrogen (secondary N) is 1. The first-order valence-corrected chi connectivity index (χ1v) is 8.57. The summed E-state index contributed by atoms with van der Waals surface area (Å²) in [5.74, 6) is 0. The smallest absolute Gasteiger partial charge is 0.263 e. The molecule has 0 aliphatic heterocycles. The van der Waals surface area contributed by atoms with Crippen molar-refractivity contribution >= 4 is 43.2 Å². The molecule has 1 N–H and O–H groups in total. The molecule has 0 saturated carbocycles. The number of methoxy groups -OCH3 is 1. The van der Waals surface area contributed by atoms with Crippen molar-refractivity contribution in [1.29, 1.82) is 0 Å². The van der Waals surface area contributed by atoms with E-state index in [9.17, 15) is 8.42 Å². The molecule has 1 aromatic carbocycles. The molecule has 1 heterocycles. The Morgan fingerprint density at radius 2 is 2.24 bits per heavy atom. The van der Waals surface area contributed by atoms with Crippen LogP contribution in [0.5, 0.6) is 0 Å². The number of nitrogens with zero attached hydrogens (tertiary/aromatic N) is 2. The Hall–Kier alpha value is -1.09. The maximum atomic E-state index is 12.3. The van der Waals surface area contributed by atoms with Crippen LogP contribution in [0.1, 0.15) is 0 Å². The third-order valence-corrected chi connectivity index (χ3v) is 4.95. The van der Waals surface area contributed by atoms with Crippen LogP contribution < -0.4 is 4.72 Å². The van der Waals surface area contributed by atoms with Gasteiger partial charge in [-0.3, -0.25) is 9.40 Å². The molecule has 21 heavy (non-hydrogen) atoms. The molecule has 2 aromatic rings. The normalized spacial score (nSPS) is 11.6. The van der Waals surface area contributed by atoms with Gasteiger partial charge in [-0.25, -0.2) is 8.42 Å². The maximum Gasteiger partial charge on any atom is 0.263 e. The van der Waals surface area contributed by atoms with Gasteiger partial charge in [0.15, 0.2) is 0 Å². The number of rotatable bonds is 6. The Morgan fingerprint density at radius 1 is 1.48 bits per heavy atom. The van der Waals surface area contributed by atoms with E-state index < -0.39 is 10.0 Å². The zero-order chi connectivity index (χ0) is 15.5. The lowest BCUT2D eigenvalue weighted by Gasteiger charge is -2.07. The number of sulfonamides is 1. The summed E-state index contributed by atoms with van der Waals surface area (Å²) in [6.07, 6.45) is 3.02. The van der Waals surface area contributed by atoms with Crippen LogP contribution >= 0.6 is 27.5 Å². The van der Waals surface area contributed by atoms with Crippen molar-refractivity contribution in [2.75, 3.05) is 18.4 Å². The monoisotopic (exact) mass is 393 g/mol. The Bertz CT molecular complexity index is 733. The van der Waals surface area contributed by atoms with Crippen molar-refractivity contribution in [3.05, 3.63) is 40.1 Å². The summed E-state index contributed by atoms with van der Waals surface area (Å²) in [4.78, 5) is 0.0111. The molecule has 0 saturated heterocycles. The topological polar surface area (TPSA) is 73.2 Å². The molecular formula is C12H13BrClN3O3S. The molecule has 6 nitrogen and oxygen atoms in total. The summed E-state index contributed by atoms with van der Waals surface area (Å²) in [7, 11) is -2.17. The van der Waals surface area contributed by atoms with E-state index in [1.807, 2.05) is 0 Å². The average Bonchev–Trinajstić information content (AvgIpc) is 2.82. The predicted molar refractivity (Wildman–Crippen MR) is 84.1 cm³/mol. The van der Waals surface area contributed by atoms with Crippen LogP contribution in [0.3, 0.4) is 0 Å². The fourth-order valence-electron chi connectivity index (χ4n) is 1.63. The number of aromatic nitrogens is 2. The average molecular weight is 395 g/mol. The Balaban J connectivity index is 2.19. The molecular weight excluding hydrogens is 382 g/mol. The molecule has 0 amide bonds. The molecule has 0 fully saturated rings. The van der Waals surface area contributed by atoms with Crippen molar-refractivity contribution in [2.24, 2.45) is 0 Å². The van der Waals surface area contributed by atoms with Crippen molar-refractivity contribution in [2.45, 2.75) is 11.4 Å². The SMILES string of the molecule is COCCn1cc(NS(=O)(=O)c2ccc(Br)cc2Cl)cn1. The van der Waals surface area contributed by atoms with E-state index in [0.29, 0.717) is 23.3 Å². The minimum Gasteiger partial charge on any atom is -0.383 e. The number of ether oxygens (including phenoxy) is 1. The minimum atomic E-state index is -3.76. The Labute approximate surface area is 136 Å². The molecule has 0 aliphatic rings. The van der Waals surface area contributed by atoms with E-state index >= 15 is 0 Å². The minimum absolute atomic E-state index is 0.0111. The second-order valence-electron chi connectivity index (χ2n) is 4.17. The second kappa shape index (κ2) is 6.78. The number of halogens is 2. The molecule has 0 atom stereocenters. The Morgan fingerprint density at radius 3 is 2.90 bits per heavy atom. The summed E-state index contributed by atoms with van der Waals surface area (Å²) >= 11 is 9.20. The van der Waals surface area contributed by atoms with Gasteiger partial charge < -0.3 is 4.74 Å². The van der Waals surface area contributed by atoms with E-state index in [2.05, 4.69) is 25.8 Å². The van der Waals surface area contributed by atoms with E-state index in [1.54, 1.807) is 24.1 Å². The Kier molecular flexibility index (Phi) is 5.26. The van der Waals surface area contributed by atoms with Crippen LogP contribution in [-0.2, 0) is 21.3 Å². The number of benzene rings is 1. The van der Waals surface area contributed by atoms with Crippen molar-refractivity contribution in [1.82, 2.24) is 9.78 Å². The zero-order valence-corrected chi connectivity index (χ0v) is 14.2. The van der Waals surface area contributed by atoms with Gasteiger partial charge in [-0.05, 0) is 18.2 Å². The summed E-state index contributed by atoms with van der Waals surface area (Å²) in [5.41, 5.74) is 0.366. The predicted octanol–water partition coefficient (Wildman–Crippen LogP) is 2.75. The quantitative estimate of drug-likeness (QED) is 0.817. The highest BCUT2D eigenvalue weighted by atomic mass is 79.9.